The molecule has 0 aliphatic carbocycles. The van der Waals surface area contributed by atoms with Crippen molar-refractivity contribution in [2.24, 2.45) is 0 Å². The molecule has 1 N–H and O–H groups in total. The number of carbonyl (C=O) groups excluding carboxylic acids is 2. The van der Waals surface area contributed by atoms with Gasteiger partial charge in [0.2, 0.25) is 0 Å². The van der Waals surface area contributed by atoms with E-state index in [0.29, 0.717) is 4.91 Å². The van der Waals surface area contributed by atoms with E-state index >= 15 is 0 Å². The summed E-state index contributed by atoms with van der Waals surface area (Å²) in [5.41, 5.74) is 1.78. The van der Waals surface area contributed by atoms with Gasteiger partial charge in [-0.15, -0.1) is 0 Å². The number of amides is 2. The monoisotopic (exact) mass is 256 g/mol. The van der Waals surface area contributed by atoms with Gasteiger partial charge in [0.15, 0.2) is 0 Å². The molecule has 1 saturated heterocycles. The maximum Gasteiger partial charge on any atom is 0.290 e. The van der Waals surface area contributed by atoms with Gasteiger partial charge in [-0.2, -0.15) is 0 Å². The van der Waals surface area contributed by atoms with E-state index < -0.39 is 0 Å². The molecule has 0 bridgehead atoms. The van der Waals surface area contributed by atoms with Crippen molar-refractivity contribution in [1.29, 1.82) is 0 Å². The van der Waals surface area contributed by atoms with Crippen LogP contribution >= 0.6 is 11.8 Å². The molecule has 3 rings (SSSR count). The molecule has 0 atom stereocenters. The predicted molar refractivity (Wildman–Crippen MR) is 70.8 cm³/mol. The van der Waals surface area contributed by atoms with Gasteiger partial charge in [0.1, 0.15) is 0 Å². The molecular formula is C13H8N2O2S. The second-order valence-corrected chi connectivity index (χ2v) is 4.82. The quantitative estimate of drug-likeness (QED) is 0.797. The first-order chi connectivity index (χ1) is 8.72. The van der Waals surface area contributed by atoms with Gasteiger partial charge in [-0.3, -0.25) is 19.9 Å². The Bertz CT molecular complexity index is 694. The van der Waals surface area contributed by atoms with E-state index in [1.165, 1.54) is 0 Å². The third-order valence-electron chi connectivity index (χ3n) is 2.57. The van der Waals surface area contributed by atoms with Crippen LogP contribution in [0.3, 0.4) is 0 Å². The molecule has 0 unspecified atom stereocenters. The third-order valence-corrected chi connectivity index (χ3v) is 3.38. The van der Waals surface area contributed by atoms with Crippen LogP contribution in [0.15, 0.2) is 41.4 Å². The van der Waals surface area contributed by atoms with Crippen LogP contribution in [0.4, 0.5) is 4.79 Å². The highest BCUT2D eigenvalue weighted by Gasteiger charge is 2.24. The molecular weight excluding hydrogens is 248 g/mol. The average molecular weight is 256 g/mol. The zero-order chi connectivity index (χ0) is 12.5. The van der Waals surface area contributed by atoms with Crippen molar-refractivity contribution in [3.63, 3.8) is 0 Å². The number of imide groups is 1. The molecule has 18 heavy (non-hydrogen) atoms. The Kier molecular flexibility index (Phi) is 2.60. The Morgan fingerprint density at radius 1 is 1.22 bits per heavy atom. The zero-order valence-electron chi connectivity index (χ0n) is 9.21. The third kappa shape index (κ3) is 2.00. The minimum Gasteiger partial charge on any atom is -0.282 e. The van der Waals surface area contributed by atoms with Crippen LogP contribution in [0.25, 0.3) is 17.0 Å². The molecule has 2 heterocycles. The molecule has 2 amide bonds. The van der Waals surface area contributed by atoms with Crippen LogP contribution in [0.1, 0.15) is 5.56 Å². The predicted octanol–water partition coefficient (Wildman–Crippen LogP) is 2.56. The summed E-state index contributed by atoms with van der Waals surface area (Å²) in [7, 11) is 0. The lowest BCUT2D eigenvalue weighted by Crippen LogP contribution is -2.17. The minimum absolute atomic E-state index is 0.325. The number of thioether (sulfide) groups is 1. The first-order valence-corrected chi connectivity index (χ1v) is 6.14. The number of benzene rings is 1. The minimum atomic E-state index is -0.337. The summed E-state index contributed by atoms with van der Waals surface area (Å²) >= 11 is 0.920. The summed E-state index contributed by atoms with van der Waals surface area (Å²) in [4.78, 5) is 27.1. The highest BCUT2D eigenvalue weighted by atomic mass is 32.2. The van der Waals surface area contributed by atoms with Gasteiger partial charge in [-0.25, -0.2) is 0 Å². The zero-order valence-corrected chi connectivity index (χ0v) is 10.0. The van der Waals surface area contributed by atoms with E-state index in [1.807, 2.05) is 30.3 Å². The van der Waals surface area contributed by atoms with E-state index in [1.54, 1.807) is 12.3 Å². The van der Waals surface area contributed by atoms with Crippen molar-refractivity contribution in [3.05, 3.63) is 47.0 Å². The summed E-state index contributed by atoms with van der Waals surface area (Å²) in [6.07, 6.45) is 3.44. The van der Waals surface area contributed by atoms with Gasteiger partial charge >= 0.3 is 0 Å². The number of nitrogens with zero attached hydrogens (tertiary/aromatic N) is 1. The maximum absolute atomic E-state index is 11.4. The van der Waals surface area contributed by atoms with Gasteiger partial charge in [-0.05, 0) is 41.6 Å². The van der Waals surface area contributed by atoms with Crippen LogP contribution < -0.4 is 5.32 Å². The lowest BCUT2D eigenvalue weighted by Gasteiger charge is -1.99. The lowest BCUT2D eigenvalue weighted by atomic mass is 10.1. The van der Waals surface area contributed by atoms with Crippen molar-refractivity contribution in [2.45, 2.75) is 0 Å². The largest absolute Gasteiger partial charge is 0.290 e. The second kappa shape index (κ2) is 4.27. The topological polar surface area (TPSA) is 59.1 Å². The number of nitrogens with one attached hydrogen (secondary N) is 1. The Morgan fingerprint density at radius 2 is 2.11 bits per heavy atom. The van der Waals surface area contributed by atoms with Crippen LogP contribution in [0, 0.1) is 0 Å². The molecule has 5 heteroatoms. The van der Waals surface area contributed by atoms with Crippen molar-refractivity contribution in [3.8, 4) is 0 Å². The summed E-state index contributed by atoms with van der Waals surface area (Å²) in [5.74, 6) is -0.337. The van der Waals surface area contributed by atoms with Crippen molar-refractivity contribution < 1.29 is 9.59 Å². The molecule has 1 fully saturated rings. The van der Waals surface area contributed by atoms with Gasteiger partial charge in [0.25, 0.3) is 11.1 Å². The van der Waals surface area contributed by atoms with Crippen LogP contribution in [-0.4, -0.2) is 16.1 Å². The molecule has 4 nitrogen and oxygen atoms in total. The Hall–Kier alpha value is -2.14. The molecule has 0 spiro atoms. The fourth-order valence-corrected chi connectivity index (χ4v) is 2.44. The van der Waals surface area contributed by atoms with Gasteiger partial charge in [-0.1, -0.05) is 12.1 Å². The standard InChI is InChI=1S/C13H8N2O2S/c16-12-11(18-13(17)15-12)7-8-3-4-10-9(6-8)2-1-5-14-10/h1-7H,(H,15,16,17). The fourth-order valence-electron chi connectivity index (χ4n) is 1.76. The van der Waals surface area contributed by atoms with Crippen molar-refractivity contribution in [1.82, 2.24) is 10.3 Å². The number of pyridine rings is 1. The Morgan fingerprint density at radius 3 is 2.89 bits per heavy atom. The first-order valence-electron chi connectivity index (χ1n) is 5.32. The molecule has 1 aromatic carbocycles. The molecule has 2 aromatic rings. The van der Waals surface area contributed by atoms with Crippen molar-refractivity contribution >= 4 is 39.9 Å². The van der Waals surface area contributed by atoms with Crippen LogP contribution in [0.5, 0.6) is 0 Å². The molecule has 88 valence electrons. The summed E-state index contributed by atoms with van der Waals surface area (Å²) in [6, 6.07) is 9.52. The highest BCUT2D eigenvalue weighted by molar-refractivity contribution is 8.18. The van der Waals surface area contributed by atoms with Crippen LogP contribution in [0.2, 0.25) is 0 Å². The van der Waals surface area contributed by atoms with Gasteiger partial charge < -0.3 is 0 Å². The molecule has 1 aliphatic rings. The molecule has 0 saturated carbocycles. The normalized spacial score (nSPS) is 17.4. The van der Waals surface area contributed by atoms with Crippen molar-refractivity contribution in [2.75, 3.05) is 0 Å². The van der Waals surface area contributed by atoms with E-state index in [0.717, 1.165) is 28.2 Å². The van der Waals surface area contributed by atoms with E-state index in [-0.39, 0.29) is 11.1 Å². The van der Waals surface area contributed by atoms with E-state index in [2.05, 4.69) is 10.3 Å². The summed E-state index contributed by atoms with van der Waals surface area (Å²) < 4.78 is 0. The number of aromatic nitrogens is 1. The van der Waals surface area contributed by atoms with Crippen LogP contribution in [-0.2, 0) is 4.79 Å². The first kappa shape index (κ1) is 11.0. The Balaban J connectivity index is 2.02. The number of rotatable bonds is 1. The number of fused-ring (bicyclic) bond motifs is 1. The molecule has 1 aliphatic heterocycles. The smallest absolute Gasteiger partial charge is 0.282 e. The Labute approximate surface area is 107 Å². The molecule has 1 aromatic heterocycles. The second-order valence-electron chi connectivity index (χ2n) is 3.81. The summed E-state index contributed by atoms with van der Waals surface area (Å²) in [5, 5.41) is 2.90. The average Bonchev–Trinajstić information content (AvgIpc) is 2.68. The molecule has 0 radical (unpaired) electrons. The lowest BCUT2D eigenvalue weighted by molar-refractivity contribution is -0.115. The summed E-state index contributed by atoms with van der Waals surface area (Å²) in [6.45, 7) is 0. The maximum atomic E-state index is 11.4. The van der Waals surface area contributed by atoms with E-state index in [4.69, 9.17) is 0 Å². The number of hydrogen-bond acceptors (Lipinski definition) is 4. The highest BCUT2D eigenvalue weighted by Crippen LogP contribution is 2.26. The van der Waals surface area contributed by atoms with Gasteiger partial charge in [0.05, 0.1) is 10.4 Å². The van der Waals surface area contributed by atoms with Gasteiger partial charge in [0, 0.05) is 11.6 Å². The number of carbonyl (C=O) groups is 2. The fraction of sp³-hybridized carbons (Fsp3) is 0. The number of hydrogen-bond donors (Lipinski definition) is 1. The van der Waals surface area contributed by atoms with E-state index in [9.17, 15) is 9.59 Å². The SMILES string of the molecule is O=C1NC(=O)C(=Cc2ccc3ncccc3c2)S1.